The number of pyridine rings is 1. The number of carbonyl (C=O) groups is 3. The first-order chi connectivity index (χ1) is 16.1. The molecule has 1 aromatic carbocycles. The van der Waals surface area contributed by atoms with Crippen LogP contribution in [-0.4, -0.2) is 38.6 Å². The molecule has 0 saturated heterocycles. The SMILES string of the molecule is CCC(ONC(=O)c1cc(Cl)cc(Br)c1NC(=O)c1cc(Br)nn1-c1ncccc1Cl)C(N)=O. The van der Waals surface area contributed by atoms with E-state index in [-0.39, 0.29) is 39.2 Å². The fourth-order valence-electron chi connectivity index (χ4n) is 2.79. The van der Waals surface area contributed by atoms with Crippen LogP contribution in [0.15, 0.2) is 45.6 Å². The van der Waals surface area contributed by atoms with Crippen LogP contribution >= 0.6 is 55.1 Å². The smallest absolute Gasteiger partial charge is 0.277 e. The molecule has 0 aliphatic rings. The van der Waals surface area contributed by atoms with Crippen LogP contribution in [0.25, 0.3) is 5.82 Å². The van der Waals surface area contributed by atoms with Crippen LogP contribution in [0.5, 0.6) is 0 Å². The van der Waals surface area contributed by atoms with Crippen molar-refractivity contribution >= 4 is 78.5 Å². The predicted octanol–water partition coefficient (Wildman–Crippen LogP) is 4.28. The van der Waals surface area contributed by atoms with Gasteiger partial charge >= 0.3 is 0 Å². The highest BCUT2D eigenvalue weighted by molar-refractivity contribution is 9.10. The first-order valence-electron chi connectivity index (χ1n) is 9.54. The summed E-state index contributed by atoms with van der Waals surface area (Å²) in [5.41, 5.74) is 7.53. The second-order valence-electron chi connectivity index (χ2n) is 6.69. The van der Waals surface area contributed by atoms with Gasteiger partial charge in [-0.25, -0.2) is 15.1 Å². The largest absolute Gasteiger partial charge is 0.367 e. The van der Waals surface area contributed by atoms with Crippen molar-refractivity contribution in [3.8, 4) is 5.82 Å². The maximum absolute atomic E-state index is 13.2. The summed E-state index contributed by atoms with van der Waals surface area (Å²) >= 11 is 18.9. The van der Waals surface area contributed by atoms with E-state index in [4.69, 9.17) is 33.8 Å². The lowest BCUT2D eigenvalue weighted by molar-refractivity contribution is -0.133. The van der Waals surface area contributed by atoms with Crippen molar-refractivity contribution < 1.29 is 19.2 Å². The van der Waals surface area contributed by atoms with Crippen LogP contribution in [-0.2, 0) is 9.63 Å². The van der Waals surface area contributed by atoms with Gasteiger partial charge in [-0.05, 0) is 62.5 Å². The molecule has 2 heterocycles. The maximum atomic E-state index is 13.2. The number of hydroxylamine groups is 1. The number of nitrogens with two attached hydrogens (primary N) is 1. The van der Waals surface area contributed by atoms with Crippen LogP contribution < -0.4 is 16.5 Å². The van der Waals surface area contributed by atoms with Gasteiger partial charge in [0, 0.05) is 21.8 Å². The van der Waals surface area contributed by atoms with Gasteiger partial charge in [0.2, 0.25) is 5.91 Å². The highest BCUT2D eigenvalue weighted by Gasteiger charge is 2.24. The molecule has 0 saturated carbocycles. The number of amides is 3. The number of nitrogens with one attached hydrogen (secondary N) is 2. The second-order valence-corrected chi connectivity index (χ2v) is 9.20. The third-order valence-electron chi connectivity index (χ3n) is 4.37. The van der Waals surface area contributed by atoms with Gasteiger partial charge in [-0.2, -0.15) is 5.10 Å². The molecule has 34 heavy (non-hydrogen) atoms. The maximum Gasteiger partial charge on any atom is 0.277 e. The van der Waals surface area contributed by atoms with Crippen LogP contribution in [0, 0.1) is 0 Å². The number of carbonyl (C=O) groups excluding carboxylic acids is 3. The molecule has 0 radical (unpaired) electrons. The molecule has 1 unspecified atom stereocenters. The molecular weight excluding hydrogens is 619 g/mol. The Morgan fingerprint density at radius 1 is 1.21 bits per heavy atom. The summed E-state index contributed by atoms with van der Waals surface area (Å²) in [4.78, 5) is 46.6. The zero-order valence-corrected chi connectivity index (χ0v) is 22.0. The highest BCUT2D eigenvalue weighted by atomic mass is 79.9. The minimum absolute atomic E-state index is 0.0342. The van der Waals surface area contributed by atoms with Crippen molar-refractivity contribution in [1.29, 1.82) is 0 Å². The number of primary amides is 1. The van der Waals surface area contributed by atoms with Crippen LogP contribution in [0.1, 0.15) is 34.2 Å². The molecule has 2 aromatic heterocycles. The highest BCUT2D eigenvalue weighted by Crippen LogP contribution is 2.32. The van der Waals surface area contributed by atoms with Crippen molar-refractivity contribution in [2.45, 2.75) is 19.4 Å². The summed E-state index contributed by atoms with van der Waals surface area (Å²) in [6, 6.07) is 7.54. The number of hydrogen-bond donors (Lipinski definition) is 3. The Morgan fingerprint density at radius 2 is 1.94 bits per heavy atom. The van der Waals surface area contributed by atoms with Crippen molar-refractivity contribution in [3.05, 3.63) is 66.9 Å². The van der Waals surface area contributed by atoms with Gasteiger partial charge in [-0.1, -0.05) is 30.1 Å². The minimum Gasteiger partial charge on any atom is -0.367 e. The van der Waals surface area contributed by atoms with Crippen molar-refractivity contribution in [1.82, 2.24) is 20.2 Å². The quantitative estimate of drug-likeness (QED) is 0.316. The van der Waals surface area contributed by atoms with Gasteiger partial charge in [-0.3, -0.25) is 19.2 Å². The van der Waals surface area contributed by atoms with Gasteiger partial charge in [-0.15, -0.1) is 0 Å². The summed E-state index contributed by atoms with van der Waals surface area (Å²) in [6.45, 7) is 1.67. The van der Waals surface area contributed by atoms with Crippen LogP contribution in [0.3, 0.4) is 0 Å². The summed E-state index contributed by atoms with van der Waals surface area (Å²) in [5, 5.41) is 7.38. The zero-order chi connectivity index (χ0) is 25.0. The monoisotopic (exact) mass is 632 g/mol. The molecule has 0 bridgehead atoms. The molecule has 0 aliphatic heterocycles. The van der Waals surface area contributed by atoms with Gasteiger partial charge in [0.25, 0.3) is 11.8 Å². The summed E-state index contributed by atoms with van der Waals surface area (Å²) < 4.78 is 1.94. The fourth-order valence-corrected chi connectivity index (χ4v) is 4.27. The molecule has 14 heteroatoms. The molecule has 4 N–H and O–H groups in total. The third-order valence-corrected chi connectivity index (χ3v) is 5.90. The van der Waals surface area contributed by atoms with E-state index in [2.05, 4.69) is 52.7 Å². The van der Waals surface area contributed by atoms with E-state index in [1.165, 1.54) is 29.1 Å². The van der Waals surface area contributed by atoms with Crippen molar-refractivity contribution in [2.75, 3.05) is 5.32 Å². The normalized spacial score (nSPS) is 11.7. The third kappa shape index (κ3) is 5.94. The van der Waals surface area contributed by atoms with Crippen molar-refractivity contribution in [2.24, 2.45) is 5.73 Å². The predicted molar refractivity (Wildman–Crippen MR) is 133 cm³/mol. The number of aromatic nitrogens is 3. The van der Waals surface area contributed by atoms with E-state index >= 15 is 0 Å². The summed E-state index contributed by atoms with van der Waals surface area (Å²) in [5.74, 6) is -1.89. The lowest BCUT2D eigenvalue weighted by Gasteiger charge is -2.16. The summed E-state index contributed by atoms with van der Waals surface area (Å²) in [6.07, 6.45) is 0.721. The van der Waals surface area contributed by atoms with Gasteiger partial charge < -0.3 is 11.1 Å². The topological polar surface area (TPSA) is 141 Å². The van der Waals surface area contributed by atoms with E-state index < -0.39 is 23.8 Å². The Balaban J connectivity index is 1.94. The number of rotatable bonds is 8. The Bertz CT molecular complexity index is 1270. The molecule has 0 spiro atoms. The lowest BCUT2D eigenvalue weighted by Crippen LogP contribution is -2.38. The molecule has 3 aromatic rings. The summed E-state index contributed by atoms with van der Waals surface area (Å²) in [7, 11) is 0. The molecule has 3 rings (SSSR count). The second kappa shape index (κ2) is 11.3. The Morgan fingerprint density at radius 3 is 2.59 bits per heavy atom. The van der Waals surface area contributed by atoms with E-state index in [1.54, 1.807) is 19.1 Å². The standard InChI is InChI=1S/C20H16Br2Cl2N6O4/c1-2-14(17(25)31)34-29-19(32)10-6-9(23)7-11(21)16(10)27-20(33)13-8-15(22)28-30(13)18-12(24)4-3-5-26-18/h3-8,14H,2H2,1H3,(H2,25,31)(H,27,33)(H,29,32). The zero-order valence-electron chi connectivity index (χ0n) is 17.3. The average Bonchev–Trinajstić information content (AvgIpc) is 3.17. The van der Waals surface area contributed by atoms with Gasteiger partial charge in [0.05, 0.1) is 16.3 Å². The first-order valence-corrected chi connectivity index (χ1v) is 11.9. The number of halogens is 4. The number of benzene rings is 1. The lowest BCUT2D eigenvalue weighted by atomic mass is 10.1. The molecule has 3 amide bonds. The first kappa shape index (κ1) is 26.1. The molecule has 1 atom stereocenters. The van der Waals surface area contributed by atoms with Crippen LogP contribution in [0.2, 0.25) is 10.0 Å². The number of anilines is 1. The molecular formula is C20H16Br2Cl2N6O4. The van der Waals surface area contributed by atoms with Gasteiger partial charge in [0.1, 0.15) is 10.3 Å². The van der Waals surface area contributed by atoms with E-state index in [9.17, 15) is 14.4 Å². The Kier molecular flexibility index (Phi) is 8.66. The molecule has 178 valence electrons. The minimum atomic E-state index is -1.03. The molecule has 10 nitrogen and oxygen atoms in total. The van der Waals surface area contributed by atoms with Gasteiger partial charge in [0.15, 0.2) is 11.9 Å². The average molecular weight is 635 g/mol. The van der Waals surface area contributed by atoms with E-state index in [1.807, 2.05) is 0 Å². The van der Waals surface area contributed by atoms with E-state index in [0.29, 0.717) is 9.08 Å². The number of nitrogens with zero attached hydrogens (tertiary/aromatic N) is 3. The fraction of sp³-hybridized carbons (Fsp3) is 0.150. The molecule has 0 fully saturated rings. The van der Waals surface area contributed by atoms with Crippen molar-refractivity contribution in [3.63, 3.8) is 0 Å². The number of hydrogen-bond acceptors (Lipinski definition) is 6. The van der Waals surface area contributed by atoms with Crippen LogP contribution in [0.4, 0.5) is 5.69 Å². The Hall–Kier alpha value is -2.51. The van der Waals surface area contributed by atoms with E-state index in [0.717, 1.165) is 0 Å². The molecule has 0 aliphatic carbocycles. The Labute approximate surface area is 220 Å².